The molecule has 31 heavy (non-hydrogen) atoms. The third kappa shape index (κ3) is 4.59. The zero-order valence-electron chi connectivity index (χ0n) is 16.5. The Morgan fingerprint density at radius 3 is 2.68 bits per heavy atom. The van der Waals surface area contributed by atoms with Gasteiger partial charge in [-0.05, 0) is 37.1 Å². The first-order valence-corrected chi connectivity index (χ1v) is 9.60. The van der Waals surface area contributed by atoms with Gasteiger partial charge in [-0.15, -0.1) is 12.3 Å². The maximum absolute atomic E-state index is 13.2. The number of nitrogens with one attached hydrogen (secondary N) is 1. The lowest BCUT2D eigenvalue weighted by Gasteiger charge is -2.41. The number of primary amides is 1. The number of benzene rings is 1. The summed E-state index contributed by atoms with van der Waals surface area (Å²) in [4.78, 5) is 24.8. The Morgan fingerprint density at radius 1 is 1.39 bits per heavy atom. The van der Waals surface area contributed by atoms with Gasteiger partial charge in [-0.1, -0.05) is 0 Å². The molecule has 4 N–H and O–H groups in total. The molecule has 1 aromatic heterocycles. The molecule has 2 heterocycles. The zero-order chi connectivity index (χ0) is 22.5. The summed E-state index contributed by atoms with van der Waals surface area (Å²) in [5.74, 6) is 0.786. The Balaban J connectivity index is 1.94. The summed E-state index contributed by atoms with van der Waals surface area (Å²) in [5, 5.41) is 26.7. The van der Waals surface area contributed by atoms with Crippen LogP contribution in [-0.4, -0.2) is 44.4 Å². The first-order valence-electron chi connectivity index (χ1n) is 9.60. The molecule has 0 spiro atoms. The molecule has 1 unspecified atom stereocenters. The number of aromatic nitrogens is 2. The minimum atomic E-state index is -1.11. The summed E-state index contributed by atoms with van der Waals surface area (Å²) in [7, 11) is 0. The minimum absolute atomic E-state index is 0.0989. The van der Waals surface area contributed by atoms with Gasteiger partial charge in [0.1, 0.15) is 11.4 Å². The van der Waals surface area contributed by atoms with Gasteiger partial charge in [0, 0.05) is 24.8 Å². The lowest BCUT2D eigenvalue weighted by molar-refractivity contribution is 0.0638. The Kier molecular flexibility index (Phi) is 6.41. The van der Waals surface area contributed by atoms with Crippen LogP contribution in [0.3, 0.4) is 0 Å². The van der Waals surface area contributed by atoms with Crippen LogP contribution in [0.15, 0.2) is 30.5 Å². The van der Waals surface area contributed by atoms with Crippen molar-refractivity contribution in [3.63, 3.8) is 0 Å². The number of rotatable bonds is 6. The molecular formula is C21H21FN6O3. The molecule has 3 rings (SSSR count). The van der Waals surface area contributed by atoms with Gasteiger partial charge in [-0.2, -0.15) is 10.4 Å². The molecule has 1 fully saturated rings. The van der Waals surface area contributed by atoms with E-state index in [0.29, 0.717) is 24.9 Å². The van der Waals surface area contributed by atoms with Gasteiger partial charge in [0.15, 0.2) is 5.82 Å². The van der Waals surface area contributed by atoms with Crippen LogP contribution in [0, 0.1) is 35.4 Å². The molecule has 2 aromatic rings. The van der Waals surface area contributed by atoms with E-state index in [1.165, 1.54) is 40.0 Å². The highest BCUT2D eigenvalue weighted by Gasteiger charge is 2.41. The van der Waals surface area contributed by atoms with Crippen LogP contribution >= 0.6 is 0 Å². The molecule has 0 radical (unpaired) electrons. The Labute approximate surface area is 178 Å². The molecule has 0 bridgehead atoms. The van der Waals surface area contributed by atoms with E-state index in [4.69, 9.17) is 12.2 Å². The number of halogens is 1. The number of carbonyl (C=O) groups is 2. The van der Waals surface area contributed by atoms with Crippen LogP contribution in [0.2, 0.25) is 0 Å². The van der Waals surface area contributed by atoms with E-state index in [1.54, 1.807) is 0 Å². The Bertz CT molecular complexity index is 1050. The largest absolute Gasteiger partial charge is 0.465 e. The number of terminal acetylenes is 1. The second-order valence-electron chi connectivity index (χ2n) is 7.16. The fourth-order valence-corrected chi connectivity index (χ4v) is 3.84. The molecule has 160 valence electrons. The second-order valence-corrected chi connectivity index (χ2v) is 7.16. The number of anilines is 2. The maximum Gasteiger partial charge on any atom is 0.407 e. The van der Waals surface area contributed by atoms with E-state index in [9.17, 15) is 24.3 Å². The molecule has 9 nitrogen and oxygen atoms in total. The predicted molar refractivity (Wildman–Crippen MR) is 110 cm³/mol. The Hall–Kier alpha value is -4.05. The van der Waals surface area contributed by atoms with Crippen molar-refractivity contribution in [2.75, 3.05) is 11.9 Å². The summed E-state index contributed by atoms with van der Waals surface area (Å²) in [6.07, 6.45) is 6.65. The van der Waals surface area contributed by atoms with Crippen LogP contribution in [-0.2, 0) is 0 Å². The van der Waals surface area contributed by atoms with E-state index in [2.05, 4.69) is 22.4 Å². The minimum Gasteiger partial charge on any atom is -0.465 e. The van der Waals surface area contributed by atoms with Crippen molar-refractivity contribution in [2.24, 2.45) is 11.7 Å². The topological polar surface area (TPSA) is 137 Å². The third-order valence-corrected chi connectivity index (χ3v) is 5.32. The summed E-state index contributed by atoms with van der Waals surface area (Å²) in [6.45, 7) is 0.194. The molecule has 0 aliphatic carbocycles. The number of nitrogens with two attached hydrogens (primary N) is 1. The molecule has 2 amide bonds. The highest BCUT2D eigenvalue weighted by Crippen LogP contribution is 2.36. The number of carbonyl (C=O) groups excluding carboxylic acids is 1. The average molecular weight is 424 g/mol. The molecule has 1 aliphatic heterocycles. The molecule has 1 aromatic carbocycles. The van der Waals surface area contributed by atoms with Crippen LogP contribution in [0.25, 0.3) is 0 Å². The maximum atomic E-state index is 13.2. The van der Waals surface area contributed by atoms with Gasteiger partial charge < -0.3 is 21.1 Å². The zero-order valence-corrected chi connectivity index (χ0v) is 16.5. The lowest BCUT2D eigenvalue weighted by atomic mass is 9.83. The number of nitriles is 1. The number of piperidine rings is 1. The van der Waals surface area contributed by atoms with E-state index < -0.39 is 35.8 Å². The number of likely N-dealkylation sites (tertiary alicyclic amines) is 1. The summed E-state index contributed by atoms with van der Waals surface area (Å²) < 4.78 is 14.6. The molecule has 0 saturated carbocycles. The first kappa shape index (κ1) is 21.7. The van der Waals surface area contributed by atoms with Gasteiger partial charge in [0.25, 0.3) is 5.91 Å². The van der Waals surface area contributed by atoms with Crippen LogP contribution in [0.1, 0.15) is 35.7 Å². The Morgan fingerprint density at radius 2 is 2.10 bits per heavy atom. The SMILES string of the molecule is C#CCCC1[C@H](C#N)[C@@H](n2cc(C(N)=O)c(Nc3ccc(F)cc3)n2)CCN1C(=O)O. The number of hydrogen-bond donors (Lipinski definition) is 3. The lowest BCUT2D eigenvalue weighted by Crippen LogP contribution is -2.51. The van der Waals surface area contributed by atoms with Crippen molar-refractivity contribution in [2.45, 2.75) is 31.3 Å². The van der Waals surface area contributed by atoms with Crippen LogP contribution in [0.5, 0.6) is 0 Å². The van der Waals surface area contributed by atoms with Crippen LogP contribution in [0.4, 0.5) is 20.7 Å². The van der Waals surface area contributed by atoms with Crippen LogP contribution < -0.4 is 11.1 Å². The van der Waals surface area contributed by atoms with E-state index in [1.807, 2.05) is 0 Å². The molecular weight excluding hydrogens is 403 g/mol. The normalized spacial score (nSPS) is 20.5. The first-order chi connectivity index (χ1) is 14.8. The number of amides is 2. The summed E-state index contributed by atoms with van der Waals surface area (Å²) in [6, 6.07) is 6.59. The standard InChI is InChI=1S/C21H21FN6O3/c1-2-3-4-17-15(11-23)18(9-10-27(17)21(30)31)28-12-16(19(24)29)20(26-28)25-14-7-5-13(22)6-8-14/h1,5-8,12,15,17-18H,3-4,9-10H2,(H2,24,29)(H,25,26)(H,30,31)/t15-,17?,18-/m0/s1. The van der Waals surface area contributed by atoms with Crippen molar-refractivity contribution in [3.05, 3.63) is 41.8 Å². The van der Waals surface area contributed by atoms with Gasteiger partial charge >= 0.3 is 6.09 Å². The van der Waals surface area contributed by atoms with E-state index in [-0.39, 0.29) is 17.9 Å². The summed E-state index contributed by atoms with van der Waals surface area (Å²) >= 11 is 0. The average Bonchev–Trinajstić information content (AvgIpc) is 3.16. The van der Waals surface area contributed by atoms with Gasteiger partial charge in [-0.25, -0.2) is 9.18 Å². The fraction of sp³-hybridized carbons (Fsp3) is 0.333. The van der Waals surface area contributed by atoms with Gasteiger partial charge in [-0.3, -0.25) is 9.48 Å². The number of hydrogen-bond acceptors (Lipinski definition) is 5. The monoisotopic (exact) mass is 424 g/mol. The van der Waals surface area contributed by atoms with Crippen molar-refractivity contribution in [1.82, 2.24) is 14.7 Å². The predicted octanol–water partition coefficient (Wildman–Crippen LogP) is 2.71. The van der Waals surface area contributed by atoms with Crippen molar-refractivity contribution in [3.8, 4) is 18.4 Å². The van der Waals surface area contributed by atoms with Gasteiger partial charge in [0.05, 0.1) is 24.1 Å². The second kappa shape index (κ2) is 9.18. The third-order valence-electron chi connectivity index (χ3n) is 5.32. The molecule has 1 aliphatic rings. The molecule has 1 saturated heterocycles. The number of carboxylic acid groups (broad SMARTS) is 1. The van der Waals surface area contributed by atoms with Crippen molar-refractivity contribution in [1.29, 1.82) is 5.26 Å². The molecule has 10 heteroatoms. The quantitative estimate of drug-likeness (QED) is 0.610. The fourth-order valence-electron chi connectivity index (χ4n) is 3.84. The summed E-state index contributed by atoms with van der Waals surface area (Å²) in [5.41, 5.74) is 6.09. The van der Waals surface area contributed by atoms with Crippen molar-refractivity contribution >= 4 is 23.5 Å². The number of nitrogens with zero attached hydrogens (tertiary/aromatic N) is 4. The highest BCUT2D eigenvalue weighted by molar-refractivity contribution is 5.98. The van der Waals surface area contributed by atoms with Gasteiger partial charge in [0.2, 0.25) is 0 Å². The highest BCUT2D eigenvalue weighted by atomic mass is 19.1. The smallest absolute Gasteiger partial charge is 0.407 e. The van der Waals surface area contributed by atoms with E-state index >= 15 is 0 Å². The van der Waals surface area contributed by atoms with E-state index in [0.717, 1.165) is 0 Å². The molecule has 3 atom stereocenters. The van der Waals surface area contributed by atoms with Crippen molar-refractivity contribution < 1.29 is 19.1 Å².